The van der Waals surface area contributed by atoms with Crippen LogP contribution in [-0.2, 0) is 11.2 Å². The van der Waals surface area contributed by atoms with Gasteiger partial charge in [0.2, 0.25) is 0 Å². The summed E-state index contributed by atoms with van der Waals surface area (Å²) < 4.78 is 10.2. The van der Waals surface area contributed by atoms with Crippen LogP contribution in [0.25, 0.3) is 0 Å². The minimum atomic E-state index is -0.361. The van der Waals surface area contributed by atoms with E-state index in [1.807, 2.05) is 6.07 Å². The molecule has 1 amide bonds. The maximum absolute atomic E-state index is 11.1. The average Bonchev–Trinajstić information content (AvgIpc) is 2.76. The molecule has 0 saturated heterocycles. The number of ether oxygens (including phenoxy) is 2. The molecule has 0 radical (unpaired) electrons. The molecule has 1 N–H and O–H groups in total. The third kappa shape index (κ3) is 3.30. The van der Waals surface area contributed by atoms with E-state index < -0.39 is 0 Å². The molecule has 0 aromatic heterocycles. The molecule has 1 aromatic rings. The zero-order chi connectivity index (χ0) is 12.1. The normalized spacial score (nSPS) is 12.8. The number of amides is 1. The smallest absolute Gasteiger partial charge is 0.407 e. The minimum absolute atomic E-state index is 0.361. The highest BCUT2D eigenvalue weighted by molar-refractivity contribution is 7.99. The Bertz CT molecular complexity index is 409. The molecule has 2 rings (SSSR count). The number of rotatable bonds is 4. The predicted octanol–water partition coefficient (Wildman–Crippen LogP) is 2.42. The second kappa shape index (κ2) is 5.82. The number of benzene rings is 1. The summed E-state index contributed by atoms with van der Waals surface area (Å²) in [7, 11) is 0. The highest BCUT2D eigenvalue weighted by atomic mass is 32.2. The number of thioether (sulfide) groups is 1. The predicted molar refractivity (Wildman–Crippen MR) is 66.5 cm³/mol. The summed E-state index contributed by atoms with van der Waals surface area (Å²) in [4.78, 5) is 12.2. The van der Waals surface area contributed by atoms with Crippen molar-refractivity contribution >= 4 is 17.9 Å². The van der Waals surface area contributed by atoms with Gasteiger partial charge in [-0.2, -0.15) is 0 Å². The molecule has 17 heavy (non-hydrogen) atoms. The van der Waals surface area contributed by atoms with E-state index in [0.717, 1.165) is 17.7 Å². The second-order valence-electron chi connectivity index (χ2n) is 3.58. The molecule has 92 valence electrons. The summed E-state index contributed by atoms with van der Waals surface area (Å²) in [6, 6.07) is 6.15. The summed E-state index contributed by atoms with van der Waals surface area (Å²) in [5.41, 5.74) is 1.16. The first-order chi connectivity index (χ1) is 8.29. The van der Waals surface area contributed by atoms with Crippen molar-refractivity contribution in [2.45, 2.75) is 18.2 Å². The fraction of sp³-hybridized carbons (Fsp3) is 0.417. The second-order valence-corrected chi connectivity index (χ2v) is 4.55. The Hall–Kier alpha value is -1.36. The van der Waals surface area contributed by atoms with Crippen molar-refractivity contribution in [1.29, 1.82) is 0 Å². The standard InChI is InChI=1S/C12H15NO3S/c1-2-15-12(14)13-6-5-9-3-4-11-10(7-9)16-8-17-11/h3-4,7H,2,5-6,8H2,1H3,(H,13,14). The van der Waals surface area contributed by atoms with E-state index in [1.165, 1.54) is 4.90 Å². The van der Waals surface area contributed by atoms with Crippen LogP contribution in [0.4, 0.5) is 4.79 Å². The van der Waals surface area contributed by atoms with Crippen molar-refractivity contribution in [3.05, 3.63) is 23.8 Å². The lowest BCUT2D eigenvalue weighted by molar-refractivity contribution is 0.152. The molecule has 1 heterocycles. The Morgan fingerprint density at radius 2 is 2.47 bits per heavy atom. The van der Waals surface area contributed by atoms with Crippen molar-refractivity contribution in [2.24, 2.45) is 0 Å². The maximum Gasteiger partial charge on any atom is 0.407 e. The van der Waals surface area contributed by atoms with E-state index >= 15 is 0 Å². The van der Waals surface area contributed by atoms with Gasteiger partial charge < -0.3 is 14.8 Å². The van der Waals surface area contributed by atoms with E-state index in [9.17, 15) is 4.79 Å². The van der Waals surface area contributed by atoms with Crippen LogP contribution < -0.4 is 10.1 Å². The molecule has 0 fully saturated rings. The fourth-order valence-corrected chi connectivity index (χ4v) is 2.32. The minimum Gasteiger partial charge on any atom is -0.481 e. The lowest BCUT2D eigenvalue weighted by atomic mass is 10.1. The van der Waals surface area contributed by atoms with E-state index in [2.05, 4.69) is 17.4 Å². The lowest BCUT2D eigenvalue weighted by Crippen LogP contribution is -2.26. The molecule has 0 bridgehead atoms. The first-order valence-electron chi connectivity index (χ1n) is 5.58. The Balaban J connectivity index is 1.81. The first kappa shape index (κ1) is 12.1. The van der Waals surface area contributed by atoms with E-state index in [-0.39, 0.29) is 6.09 Å². The van der Waals surface area contributed by atoms with Crippen molar-refractivity contribution in [2.75, 3.05) is 19.1 Å². The number of alkyl carbamates (subject to hydrolysis) is 1. The quantitative estimate of drug-likeness (QED) is 0.895. The van der Waals surface area contributed by atoms with Gasteiger partial charge in [-0.15, -0.1) is 0 Å². The van der Waals surface area contributed by atoms with Gasteiger partial charge in [-0.25, -0.2) is 4.79 Å². The molecular formula is C12H15NO3S. The highest BCUT2D eigenvalue weighted by Gasteiger charge is 2.12. The van der Waals surface area contributed by atoms with Gasteiger partial charge in [0.1, 0.15) is 11.7 Å². The topological polar surface area (TPSA) is 47.6 Å². The van der Waals surface area contributed by atoms with E-state index in [4.69, 9.17) is 9.47 Å². The van der Waals surface area contributed by atoms with E-state index in [0.29, 0.717) is 19.1 Å². The molecule has 0 saturated carbocycles. The van der Waals surface area contributed by atoms with Gasteiger partial charge >= 0.3 is 6.09 Å². The zero-order valence-electron chi connectivity index (χ0n) is 9.69. The lowest BCUT2D eigenvalue weighted by Gasteiger charge is -2.06. The van der Waals surface area contributed by atoms with Crippen LogP contribution in [0.1, 0.15) is 12.5 Å². The van der Waals surface area contributed by atoms with Crippen molar-refractivity contribution < 1.29 is 14.3 Å². The first-order valence-corrected chi connectivity index (χ1v) is 6.57. The molecule has 4 nitrogen and oxygen atoms in total. The molecule has 0 unspecified atom stereocenters. The molecule has 0 spiro atoms. The summed E-state index contributed by atoms with van der Waals surface area (Å²) in [5.74, 6) is 1.64. The number of hydrogen-bond donors (Lipinski definition) is 1. The third-order valence-corrected chi connectivity index (χ3v) is 3.28. The monoisotopic (exact) mass is 253 g/mol. The Morgan fingerprint density at radius 1 is 1.59 bits per heavy atom. The van der Waals surface area contributed by atoms with Crippen molar-refractivity contribution in [3.8, 4) is 5.75 Å². The van der Waals surface area contributed by atoms with Crippen LogP contribution in [0.3, 0.4) is 0 Å². The maximum atomic E-state index is 11.1. The Kier molecular flexibility index (Phi) is 4.14. The van der Waals surface area contributed by atoms with Gasteiger partial charge in [0.15, 0.2) is 0 Å². The molecule has 1 aliphatic rings. The summed E-state index contributed by atoms with van der Waals surface area (Å²) >= 11 is 1.70. The van der Waals surface area contributed by atoms with Gasteiger partial charge in [-0.1, -0.05) is 17.8 Å². The number of carbonyl (C=O) groups is 1. The van der Waals surface area contributed by atoms with E-state index in [1.54, 1.807) is 18.7 Å². The molecule has 0 atom stereocenters. The summed E-state index contributed by atoms with van der Waals surface area (Å²) in [6.45, 7) is 2.76. The van der Waals surface area contributed by atoms with Crippen LogP contribution >= 0.6 is 11.8 Å². The van der Waals surface area contributed by atoms with Gasteiger partial charge in [0.25, 0.3) is 0 Å². The van der Waals surface area contributed by atoms with Crippen LogP contribution in [0.5, 0.6) is 5.75 Å². The molecule has 1 aromatic carbocycles. The third-order valence-electron chi connectivity index (χ3n) is 2.40. The zero-order valence-corrected chi connectivity index (χ0v) is 10.5. The van der Waals surface area contributed by atoms with Gasteiger partial charge in [-0.05, 0) is 31.0 Å². The van der Waals surface area contributed by atoms with Crippen LogP contribution in [0.2, 0.25) is 0 Å². The van der Waals surface area contributed by atoms with Gasteiger partial charge in [0.05, 0.1) is 11.5 Å². The molecule has 1 aliphatic heterocycles. The number of hydrogen-bond acceptors (Lipinski definition) is 4. The number of carbonyl (C=O) groups excluding carboxylic acids is 1. The Morgan fingerprint density at radius 3 is 3.29 bits per heavy atom. The van der Waals surface area contributed by atoms with Crippen LogP contribution in [0, 0.1) is 0 Å². The van der Waals surface area contributed by atoms with Crippen LogP contribution in [0.15, 0.2) is 23.1 Å². The SMILES string of the molecule is CCOC(=O)NCCc1ccc2c(c1)OCS2. The van der Waals surface area contributed by atoms with Gasteiger partial charge in [-0.3, -0.25) is 0 Å². The average molecular weight is 253 g/mol. The largest absolute Gasteiger partial charge is 0.481 e. The molecule has 0 aliphatic carbocycles. The van der Waals surface area contributed by atoms with Crippen molar-refractivity contribution in [1.82, 2.24) is 5.32 Å². The number of nitrogens with one attached hydrogen (secondary N) is 1. The van der Waals surface area contributed by atoms with Gasteiger partial charge in [0, 0.05) is 6.54 Å². The highest BCUT2D eigenvalue weighted by Crippen LogP contribution is 2.36. The fourth-order valence-electron chi connectivity index (χ4n) is 1.59. The Labute approximate surface area is 105 Å². The molecular weight excluding hydrogens is 238 g/mol. The number of fused-ring (bicyclic) bond motifs is 1. The van der Waals surface area contributed by atoms with Crippen LogP contribution in [-0.4, -0.2) is 25.2 Å². The summed E-state index contributed by atoms with van der Waals surface area (Å²) in [6.07, 6.45) is 0.417. The summed E-state index contributed by atoms with van der Waals surface area (Å²) in [5, 5.41) is 2.69. The van der Waals surface area contributed by atoms with Crippen molar-refractivity contribution in [3.63, 3.8) is 0 Å². The molecule has 5 heteroatoms.